The largest absolute Gasteiger partial charge is 0.493 e. The molecule has 1 aliphatic rings. The van der Waals surface area contributed by atoms with E-state index in [0.717, 1.165) is 16.5 Å². The van der Waals surface area contributed by atoms with Crippen LogP contribution in [0.25, 0.3) is 10.9 Å². The zero-order valence-corrected chi connectivity index (χ0v) is 16.6. The van der Waals surface area contributed by atoms with Crippen molar-refractivity contribution in [1.29, 1.82) is 0 Å². The molecule has 1 N–H and O–H groups in total. The molecule has 0 bridgehead atoms. The fourth-order valence-electron chi connectivity index (χ4n) is 3.86. The number of hydrogen-bond acceptors (Lipinski definition) is 6. The third kappa shape index (κ3) is 3.08. The zero-order chi connectivity index (χ0) is 20.7. The quantitative estimate of drug-likeness (QED) is 0.539. The highest BCUT2D eigenvalue weighted by atomic mass is 16.5. The zero-order valence-electron chi connectivity index (χ0n) is 16.6. The molecule has 0 aliphatic carbocycles. The first kappa shape index (κ1) is 18.9. The minimum Gasteiger partial charge on any atom is -0.493 e. The number of esters is 1. The number of methoxy groups -OCH3 is 3. The average Bonchev–Trinajstić information content (AvgIpc) is 2.70. The van der Waals surface area contributed by atoms with E-state index >= 15 is 0 Å². The van der Waals surface area contributed by atoms with E-state index in [4.69, 9.17) is 18.9 Å². The molecule has 29 heavy (non-hydrogen) atoms. The lowest BCUT2D eigenvalue weighted by molar-refractivity contribution is -0.135. The van der Waals surface area contributed by atoms with E-state index in [9.17, 15) is 9.59 Å². The number of carbonyl (C=O) groups excluding carboxylic acids is 1. The van der Waals surface area contributed by atoms with Gasteiger partial charge in [-0.3, -0.25) is 9.59 Å². The lowest BCUT2D eigenvalue weighted by atomic mass is 9.85. The SMILES string of the molecule is COc1cc2c(c(OC)c1OC)[C@@H](c1cc3ccc(C)cc3[nH]c1=O)CC(=O)O2. The lowest BCUT2D eigenvalue weighted by Crippen LogP contribution is -2.26. The van der Waals surface area contributed by atoms with Crippen LogP contribution in [0, 0.1) is 6.92 Å². The topological polar surface area (TPSA) is 86.9 Å². The number of ether oxygens (including phenoxy) is 4. The van der Waals surface area contributed by atoms with Crippen LogP contribution >= 0.6 is 0 Å². The Balaban J connectivity index is 1.99. The van der Waals surface area contributed by atoms with Gasteiger partial charge in [-0.25, -0.2) is 0 Å². The number of aryl methyl sites for hydroxylation is 1. The van der Waals surface area contributed by atoms with Crippen molar-refractivity contribution in [2.75, 3.05) is 21.3 Å². The van der Waals surface area contributed by atoms with E-state index in [2.05, 4.69) is 4.98 Å². The van der Waals surface area contributed by atoms with Gasteiger partial charge in [0.15, 0.2) is 11.5 Å². The van der Waals surface area contributed by atoms with Crippen LogP contribution in [0.1, 0.15) is 29.0 Å². The first-order valence-electron chi connectivity index (χ1n) is 9.14. The van der Waals surface area contributed by atoms with Crippen molar-refractivity contribution in [3.8, 4) is 23.0 Å². The van der Waals surface area contributed by atoms with Crippen molar-refractivity contribution in [3.63, 3.8) is 0 Å². The van der Waals surface area contributed by atoms with Crippen LogP contribution < -0.4 is 24.5 Å². The molecule has 1 aliphatic heterocycles. The van der Waals surface area contributed by atoms with Gasteiger partial charge in [-0.15, -0.1) is 0 Å². The van der Waals surface area contributed by atoms with Crippen molar-refractivity contribution in [2.24, 2.45) is 0 Å². The maximum Gasteiger partial charge on any atom is 0.312 e. The number of hydrogen-bond donors (Lipinski definition) is 1. The van der Waals surface area contributed by atoms with Gasteiger partial charge in [-0.2, -0.15) is 0 Å². The fourth-order valence-corrected chi connectivity index (χ4v) is 3.86. The molecule has 0 unspecified atom stereocenters. The second-order valence-electron chi connectivity index (χ2n) is 6.93. The molecule has 0 radical (unpaired) electrons. The monoisotopic (exact) mass is 395 g/mol. The van der Waals surface area contributed by atoms with Gasteiger partial charge in [-0.1, -0.05) is 12.1 Å². The molecule has 3 aromatic rings. The summed E-state index contributed by atoms with van der Waals surface area (Å²) < 4.78 is 21.9. The van der Waals surface area contributed by atoms with Crippen molar-refractivity contribution in [1.82, 2.24) is 4.98 Å². The molecule has 0 saturated carbocycles. The smallest absolute Gasteiger partial charge is 0.312 e. The number of benzene rings is 2. The molecular weight excluding hydrogens is 374 g/mol. The van der Waals surface area contributed by atoms with Crippen LogP contribution in [0.5, 0.6) is 23.0 Å². The Morgan fingerprint density at radius 1 is 1.00 bits per heavy atom. The van der Waals surface area contributed by atoms with Crippen LogP contribution in [0.4, 0.5) is 0 Å². The highest BCUT2D eigenvalue weighted by Gasteiger charge is 2.36. The fraction of sp³-hybridized carbons (Fsp3) is 0.273. The van der Waals surface area contributed by atoms with Crippen LogP contribution in [-0.2, 0) is 4.79 Å². The van der Waals surface area contributed by atoms with Gasteiger partial charge in [0.1, 0.15) is 5.75 Å². The number of aromatic amines is 1. The van der Waals surface area contributed by atoms with Crippen LogP contribution in [0.2, 0.25) is 0 Å². The molecule has 2 aromatic carbocycles. The molecule has 7 heteroatoms. The summed E-state index contributed by atoms with van der Waals surface area (Å²) >= 11 is 0. The van der Waals surface area contributed by atoms with Gasteiger partial charge in [-0.05, 0) is 30.0 Å². The number of carbonyl (C=O) groups is 1. The Morgan fingerprint density at radius 3 is 2.45 bits per heavy atom. The number of H-pyrrole nitrogens is 1. The second kappa shape index (κ2) is 7.16. The molecule has 0 spiro atoms. The van der Waals surface area contributed by atoms with Crippen LogP contribution in [0.3, 0.4) is 0 Å². The second-order valence-corrected chi connectivity index (χ2v) is 6.93. The number of aromatic nitrogens is 1. The maximum atomic E-state index is 12.9. The minimum absolute atomic E-state index is 0.0132. The van der Waals surface area contributed by atoms with Gasteiger partial charge in [0.2, 0.25) is 5.75 Å². The summed E-state index contributed by atoms with van der Waals surface area (Å²) in [6.07, 6.45) is 0.0132. The summed E-state index contributed by atoms with van der Waals surface area (Å²) in [5, 5.41) is 0.880. The normalized spacial score (nSPS) is 15.6. The van der Waals surface area contributed by atoms with Crippen molar-refractivity contribution < 1.29 is 23.7 Å². The van der Waals surface area contributed by atoms with Gasteiger partial charge in [0.25, 0.3) is 5.56 Å². The molecule has 1 atom stereocenters. The van der Waals surface area contributed by atoms with Gasteiger partial charge >= 0.3 is 5.97 Å². The summed E-state index contributed by atoms with van der Waals surface area (Å²) in [6.45, 7) is 1.96. The standard InChI is InChI=1S/C22H21NO6/c1-11-5-6-12-8-14(22(25)23-15(12)7-11)13-9-18(24)29-16-10-17(26-2)20(27-3)21(28-4)19(13)16/h5-8,10,13H,9H2,1-4H3,(H,23,25)/t13-/m1/s1. The molecule has 0 amide bonds. The number of nitrogens with one attached hydrogen (secondary N) is 1. The molecule has 150 valence electrons. The Hall–Kier alpha value is -3.48. The van der Waals surface area contributed by atoms with Crippen molar-refractivity contribution in [3.05, 3.63) is 57.4 Å². The predicted molar refractivity (Wildman–Crippen MR) is 107 cm³/mol. The summed E-state index contributed by atoms with van der Waals surface area (Å²) in [4.78, 5) is 28.2. The maximum absolute atomic E-state index is 12.9. The first-order chi connectivity index (χ1) is 14.0. The highest BCUT2D eigenvalue weighted by molar-refractivity contribution is 5.83. The molecule has 0 fully saturated rings. The number of rotatable bonds is 4. The van der Waals surface area contributed by atoms with Gasteiger partial charge < -0.3 is 23.9 Å². The Bertz CT molecular complexity index is 1180. The molecule has 7 nitrogen and oxygen atoms in total. The molecule has 2 heterocycles. The molecule has 1 aromatic heterocycles. The predicted octanol–water partition coefficient (Wildman–Crippen LogP) is 3.30. The summed E-state index contributed by atoms with van der Waals surface area (Å²) in [6, 6.07) is 9.23. The van der Waals surface area contributed by atoms with Gasteiger partial charge in [0.05, 0.1) is 27.8 Å². The van der Waals surface area contributed by atoms with E-state index in [1.807, 2.05) is 31.2 Å². The van der Waals surface area contributed by atoms with E-state index in [1.165, 1.54) is 21.3 Å². The number of fused-ring (bicyclic) bond motifs is 2. The Morgan fingerprint density at radius 2 is 1.76 bits per heavy atom. The average molecular weight is 395 g/mol. The summed E-state index contributed by atoms with van der Waals surface area (Å²) in [5.41, 5.74) is 2.58. The molecule has 4 rings (SSSR count). The Kier molecular flexibility index (Phi) is 4.66. The molecular formula is C22H21NO6. The van der Waals surface area contributed by atoms with E-state index in [-0.39, 0.29) is 12.0 Å². The summed E-state index contributed by atoms with van der Waals surface area (Å²) in [5.74, 6) is 0.450. The van der Waals surface area contributed by atoms with Crippen LogP contribution in [-0.4, -0.2) is 32.3 Å². The third-order valence-corrected chi connectivity index (χ3v) is 5.18. The minimum atomic E-state index is -0.546. The molecule has 0 saturated heterocycles. The van der Waals surface area contributed by atoms with Gasteiger partial charge in [0, 0.05) is 28.6 Å². The van der Waals surface area contributed by atoms with Crippen LogP contribution in [0.15, 0.2) is 35.1 Å². The number of pyridine rings is 1. The first-order valence-corrected chi connectivity index (χ1v) is 9.14. The van der Waals surface area contributed by atoms with E-state index < -0.39 is 11.9 Å². The lowest BCUT2D eigenvalue weighted by Gasteiger charge is -2.28. The van der Waals surface area contributed by atoms with E-state index in [0.29, 0.717) is 34.1 Å². The third-order valence-electron chi connectivity index (χ3n) is 5.18. The highest BCUT2D eigenvalue weighted by Crippen LogP contribution is 2.51. The van der Waals surface area contributed by atoms with Crippen molar-refractivity contribution >= 4 is 16.9 Å². The summed E-state index contributed by atoms with van der Waals surface area (Å²) in [7, 11) is 4.49. The van der Waals surface area contributed by atoms with E-state index in [1.54, 1.807) is 6.07 Å². The van der Waals surface area contributed by atoms with Crippen molar-refractivity contribution in [2.45, 2.75) is 19.3 Å². The Labute approximate surface area is 167 Å².